The molecule has 0 radical (unpaired) electrons. The fourth-order valence-electron chi connectivity index (χ4n) is 1.69. The van der Waals surface area contributed by atoms with Crippen LogP contribution >= 0.6 is 0 Å². The second kappa shape index (κ2) is 5.41. The molecule has 7 nitrogen and oxygen atoms in total. The van der Waals surface area contributed by atoms with Crippen LogP contribution in [-0.4, -0.2) is 18.4 Å². The Morgan fingerprint density at radius 2 is 1.76 bits per heavy atom. The van der Waals surface area contributed by atoms with E-state index in [0.29, 0.717) is 5.56 Å². The first kappa shape index (κ1) is 14.8. The molecule has 2 aromatic rings. The Balaban J connectivity index is 2.34. The first-order chi connectivity index (χ1) is 9.81. The smallest absolute Gasteiger partial charge is 0.269 e. The van der Waals surface area contributed by atoms with Crippen molar-refractivity contribution in [3.8, 4) is 5.75 Å². The second-order valence-corrected chi connectivity index (χ2v) is 6.01. The molecule has 0 atom stereocenters. The van der Waals surface area contributed by atoms with Crippen LogP contribution in [0.5, 0.6) is 5.75 Å². The molecule has 0 aliphatic heterocycles. The predicted molar refractivity (Wildman–Crippen MR) is 76.7 cm³/mol. The van der Waals surface area contributed by atoms with Gasteiger partial charge in [-0.1, -0.05) is 12.1 Å². The van der Waals surface area contributed by atoms with Crippen LogP contribution in [0.1, 0.15) is 5.56 Å². The molecular weight excluding hydrogens is 296 g/mol. The molecule has 0 aliphatic carbocycles. The molecular formula is C13H12N2O5S. The normalized spacial score (nSPS) is 11.1. The molecule has 0 aromatic heterocycles. The van der Waals surface area contributed by atoms with Crippen LogP contribution in [0.3, 0.4) is 0 Å². The maximum atomic E-state index is 12.2. The van der Waals surface area contributed by atoms with Gasteiger partial charge in [0, 0.05) is 12.1 Å². The van der Waals surface area contributed by atoms with Crippen molar-refractivity contribution >= 4 is 21.4 Å². The summed E-state index contributed by atoms with van der Waals surface area (Å²) in [7, 11) is -3.93. The Morgan fingerprint density at radius 3 is 2.33 bits per heavy atom. The Kier molecular flexibility index (Phi) is 3.81. The molecule has 21 heavy (non-hydrogen) atoms. The maximum Gasteiger partial charge on any atom is 0.269 e. The average molecular weight is 308 g/mol. The summed E-state index contributed by atoms with van der Waals surface area (Å²) >= 11 is 0. The summed E-state index contributed by atoms with van der Waals surface area (Å²) in [6, 6.07) is 9.13. The minimum absolute atomic E-state index is 0.0494. The highest BCUT2D eigenvalue weighted by Gasteiger charge is 2.17. The van der Waals surface area contributed by atoms with Crippen LogP contribution in [0.4, 0.5) is 11.4 Å². The van der Waals surface area contributed by atoms with E-state index in [1.165, 1.54) is 6.07 Å². The van der Waals surface area contributed by atoms with Gasteiger partial charge in [-0.05, 0) is 30.7 Å². The van der Waals surface area contributed by atoms with E-state index in [9.17, 15) is 23.6 Å². The number of rotatable bonds is 4. The number of hydrogen-bond donors (Lipinski definition) is 2. The molecule has 2 rings (SSSR count). The lowest BCUT2D eigenvalue weighted by Crippen LogP contribution is -2.13. The van der Waals surface area contributed by atoms with Crippen molar-refractivity contribution in [1.82, 2.24) is 0 Å². The summed E-state index contributed by atoms with van der Waals surface area (Å²) in [5, 5.41) is 20.4. The van der Waals surface area contributed by atoms with Crippen molar-refractivity contribution in [2.45, 2.75) is 11.8 Å². The van der Waals surface area contributed by atoms with Crippen molar-refractivity contribution < 1.29 is 18.4 Å². The van der Waals surface area contributed by atoms with E-state index in [1.807, 2.05) is 0 Å². The van der Waals surface area contributed by atoms with Crippen molar-refractivity contribution in [2.24, 2.45) is 0 Å². The molecule has 0 aliphatic rings. The van der Waals surface area contributed by atoms with Crippen molar-refractivity contribution in [3.05, 3.63) is 58.1 Å². The summed E-state index contributed by atoms with van der Waals surface area (Å²) in [4.78, 5) is 9.80. The number of anilines is 1. The zero-order valence-corrected chi connectivity index (χ0v) is 11.8. The molecule has 0 amide bonds. The zero-order valence-electron chi connectivity index (χ0n) is 11.0. The number of sulfonamides is 1. The van der Waals surface area contributed by atoms with Crippen molar-refractivity contribution in [2.75, 3.05) is 4.72 Å². The second-order valence-electron chi connectivity index (χ2n) is 4.33. The van der Waals surface area contributed by atoms with Gasteiger partial charge in [-0.3, -0.25) is 14.8 Å². The van der Waals surface area contributed by atoms with Gasteiger partial charge in [0.15, 0.2) is 0 Å². The number of phenolic OH excluding ortho intramolecular Hbond substituents is 1. The highest BCUT2D eigenvalue weighted by molar-refractivity contribution is 7.92. The molecule has 110 valence electrons. The number of aryl methyl sites for hydroxylation is 1. The van der Waals surface area contributed by atoms with Crippen LogP contribution in [0.15, 0.2) is 47.4 Å². The van der Waals surface area contributed by atoms with E-state index < -0.39 is 14.9 Å². The largest absolute Gasteiger partial charge is 0.505 e. The summed E-state index contributed by atoms with van der Waals surface area (Å²) in [6.45, 7) is 1.64. The van der Waals surface area contributed by atoms with E-state index >= 15 is 0 Å². The number of aromatic hydroxyl groups is 1. The van der Waals surface area contributed by atoms with Gasteiger partial charge >= 0.3 is 0 Å². The van der Waals surface area contributed by atoms with Crippen molar-refractivity contribution in [1.29, 1.82) is 0 Å². The monoisotopic (exact) mass is 308 g/mol. The number of para-hydroxylation sites is 1. The van der Waals surface area contributed by atoms with Crippen LogP contribution in [0.2, 0.25) is 0 Å². The quantitative estimate of drug-likeness (QED) is 0.512. The fraction of sp³-hybridized carbons (Fsp3) is 0.0769. The molecule has 8 heteroatoms. The average Bonchev–Trinajstić information content (AvgIpc) is 2.44. The predicted octanol–water partition coefficient (Wildman–Crippen LogP) is 2.41. The Morgan fingerprint density at radius 1 is 1.14 bits per heavy atom. The zero-order chi connectivity index (χ0) is 15.6. The number of hydrogen-bond acceptors (Lipinski definition) is 5. The Labute approximate surface area is 121 Å². The van der Waals surface area contributed by atoms with E-state index in [0.717, 1.165) is 24.3 Å². The molecule has 0 saturated heterocycles. The van der Waals surface area contributed by atoms with Crippen LogP contribution in [0, 0.1) is 17.0 Å². The number of nitro groups is 1. The van der Waals surface area contributed by atoms with Gasteiger partial charge in [0.2, 0.25) is 0 Å². The van der Waals surface area contributed by atoms with E-state index in [4.69, 9.17) is 0 Å². The number of benzene rings is 2. The first-order valence-corrected chi connectivity index (χ1v) is 7.35. The molecule has 0 heterocycles. The lowest BCUT2D eigenvalue weighted by Gasteiger charge is -2.10. The van der Waals surface area contributed by atoms with Crippen LogP contribution in [-0.2, 0) is 10.0 Å². The summed E-state index contributed by atoms with van der Waals surface area (Å²) in [6.07, 6.45) is 0. The van der Waals surface area contributed by atoms with E-state index in [-0.39, 0.29) is 22.0 Å². The minimum atomic E-state index is -3.93. The molecule has 2 aromatic carbocycles. The molecule has 2 N–H and O–H groups in total. The van der Waals surface area contributed by atoms with Crippen LogP contribution in [0.25, 0.3) is 0 Å². The summed E-state index contributed by atoms with van der Waals surface area (Å²) in [5.74, 6) is -0.164. The maximum absolute atomic E-state index is 12.2. The highest BCUT2D eigenvalue weighted by atomic mass is 32.2. The fourth-order valence-corrected chi connectivity index (χ4v) is 2.76. The lowest BCUT2D eigenvalue weighted by molar-refractivity contribution is -0.384. The summed E-state index contributed by atoms with van der Waals surface area (Å²) < 4.78 is 26.6. The number of nitro benzene ring substituents is 1. The van der Waals surface area contributed by atoms with E-state index in [2.05, 4.69) is 4.72 Å². The van der Waals surface area contributed by atoms with E-state index in [1.54, 1.807) is 19.1 Å². The Hall–Kier alpha value is -2.61. The van der Waals surface area contributed by atoms with Gasteiger partial charge in [0.05, 0.1) is 15.5 Å². The van der Waals surface area contributed by atoms with Gasteiger partial charge in [0.25, 0.3) is 15.7 Å². The minimum Gasteiger partial charge on any atom is -0.505 e. The third kappa shape index (κ3) is 3.11. The molecule has 0 saturated carbocycles. The number of nitrogens with one attached hydrogen (secondary N) is 1. The molecule has 0 unspecified atom stereocenters. The number of non-ortho nitro benzene ring substituents is 1. The van der Waals surface area contributed by atoms with Gasteiger partial charge in [0.1, 0.15) is 5.75 Å². The third-order valence-corrected chi connectivity index (χ3v) is 4.22. The topological polar surface area (TPSA) is 110 Å². The number of nitrogens with zero attached hydrogens (tertiary/aromatic N) is 1. The highest BCUT2D eigenvalue weighted by Crippen LogP contribution is 2.29. The van der Waals surface area contributed by atoms with Crippen LogP contribution < -0.4 is 4.72 Å². The van der Waals surface area contributed by atoms with Gasteiger partial charge < -0.3 is 5.11 Å². The summed E-state index contributed by atoms with van der Waals surface area (Å²) in [5.41, 5.74) is 0.375. The molecule has 0 fully saturated rings. The third-order valence-electron chi connectivity index (χ3n) is 2.84. The molecule has 0 bridgehead atoms. The lowest BCUT2D eigenvalue weighted by atomic mass is 10.2. The van der Waals surface area contributed by atoms with Gasteiger partial charge in [-0.25, -0.2) is 8.42 Å². The SMILES string of the molecule is Cc1cccc(NS(=O)(=O)c2ccc([N+](=O)[O-])cc2)c1O. The first-order valence-electron chi connectivity index (χ1n) is 5.87. The Bertz CT molecular complexity index is 785. The van der Waals surface area contributed by atoms with Gasteiger partial charge in [-0.2, -0.15) is 0 Å². The van der Waals surface area contributed by atoms with Crippen molar-refractivity contribution in [3.63, 3.8) is 0 Å². The van der Waals surface area contributed by atoms with Gasteiger partial charge in [-0.15, -0.1) is 0 Å². The number of phenols is 1. The molecule has 0 spiro atoms. The standard InChI is InChI=1S/C13H12N2O5S/c1-9-3-2-4-12(13(9)16)14-21(19,20)11-7-5-10(6-8-11)15(17)18/h2-8,14,16H,1H3.